The summed E-state index contributed by atoms with van der Waals surface area (Å²) in [6.07, 6.45) is 0.700. The zero-order chi connectivity index (χ0) is 13.9. The third-order valence-electron chi connectivity index (χ3n) is 2.98. The molecular weight excluding hydrogens is 334 g/mol. The Labute approximate surface area is 121 Å². The molecule has 1 saturated heterocycles. The van der Waals surface area contributed by atoms with Gasteiger partial charge in [0.25, 0.3) is 0 Å². The van der Waals surface area contributed by atoms with Gasteiger partial charge < -0.3 is 9.84 Å². The molecule has 1 heterocycles. The topological polar surface area (TPSA) is 66.8 Å². The molecule has 1 N–H and O–H groups in total. The lowest BCUT2D eigenvalue weighted by Crippen LogP contribution is -2.33. The number of hydrogen-bond donors (Lipinski definition) is 1. The second-order valence-electron chi connectivity index (χ2n) is 4.29. The van der Waals surface area contributed by atoms with Gasteiger partial charge in [0.2, 0.25) is 10.0 Å². The second-order valence-corrected chi connectivity index (χ2v) is 7.05. The predicted octanol–water partition coefficient (Wildman–Crippen LogP) is 1.35. The van der Waals surface area contributed by atoms with E-state index in [4.69, 9.17) is 9.84 Å². The predicted molar refractivity (Wildman–Crippen MR) is 74.3 cm³/mol. The van der Waals surface area contributed by atoms with Crippen molar-refractivity contribution in [1.82, 2.24) is 4.31 Å². The highest BCUT2D eigenvalue weighted by Gasteiger charge is 2.27. The minimum Gasteiger partial charge on any atom is -0.392 e. The quantitative estimate of drug-likeness (QED) is 0.894. The normalized spacial score (nSPS) is 18.2. The number of benzene rings is 1. The summed E-state index contributed by atoms with van der Waals surface area (Å²) in [5.74, 6) is 0. The van der Waals surface area contributed by atoms with Crippen LogP contribution in [0.1, 0.15) is 12.0 Å². The molecule has 1 aromatic rings. The molecule has 1 aromatic carbocycles. The van der Waals surface area contributed by atoms with Gasteiger partial charge in [0.1, 0.15) is 0 Å². The van der Waals surface area contributed by atoms with Crippen molar-refractivity contribution in [2.24, 2.45) is 0 Å². The molecule has 0 amide bonds. The third-order valence-corrected chi connectivity index (χ3v) is 5.85. The van der Waals surface area contributed by atoms with Crippen molar-refractivity contribution in [3.63, 3.8) is 0 Å². The van der Waals surface area contributed by atoms with E-state index in [-0.39, 0.29) is 11.5 Å². The first-order chi connectivity index (χ1) is 9.05. The fourth-order valence-corrected chi connectivity index (χ4v) is 4.50. The van der Waals surface area contributed by atoms with E-state index >= 15 is 0 Å². The summed E-state index contributed by atoms with van der Waals surface area (Å²) >= 11 is 3.26. The molecule has 1 fully saturated rings. The molecule has 0 saturated carbocycles. The van der Waals surface area contributed by atoms with Crippen molar-refractivity contribution >= 4 is 26.0 Å². The van der Waals surface area contributed by atoms with E-state index in [9.17, 15) is 8.42 Å². The zero-order valence-electron chi connectivity index (χ0n) is 10.4. The molecule has 1 aliphatic heterocycles. The Bertz CT molecular complexity index is 539. The van der Waals surface area contributed by atoms with Gasteiger partial charge in [-0.1, -0.05) is 6.07 Å². The standard InChI is InChI=1S/C12H16BrNO4S/c13-11-8-10(9-15)2-3-12(11)19(16,17)14-4-1-6-18-7-5-14/h2-3,8,15H,1,4-7,9H2. The molecule has 2 rings (SSSR count). The molecule has 0 spiro atoms. The van der Waals surface area contributed by atoms with Crippen molar-refractivity contribution in [3.05, 3.63) is 28.2 Å². The Morgan fingerprint density at radius 1 is 1.32 bits per heavy atom. The van der Waals surface area contributed by atoms with Gasteiger partial charge in [-0.25, -0.2) is 8.42 Å². The van der Waals surface area contributed by atoms with Crippen LogP contribution in [0.5, 0.6) is 0 Å². The maximum Gasteiger partial charge on any atom is 0.244 e. The molecule has 106 valence electrons. The van der Waals surface area contributed by atoms with Crippen LogP contribution in [0.25, 0.3) is 0 Å². The lowest BCUT2D eigenvalue weighted by atomic mass is 10.2. The molecule has 0 bridgehead atoms. The first-order valence-electron chi connectivity index (χ1n) is 6.03. The van der Waals surface area contributed by atoms with E-state index in [1.165, 1.54) is 10.4 Å². The van der Waals surface area contributed by atoms with Gasteiger partial charge in [0, 0.05) is 24.2 Å². The average molecular weight is 350 g/mol. The number of aliphatic hydroxyl groups is 1. The number of nitrogens with zero attached hydrogens (tertiary/aromatic N) is 1. The first-order valence-corrected chi connectivity index (χ1v) is 8.26. The van der Waals surface area contributed by atoms with E-state index in [1.807, 2.05) is 0 Å². The minimum absolute atomic E-state index is 0.115. The van der Waals surface area contributed by atoms with Crippen LogP contribution in [0.15, 0.2) is 27.6 Å². The van der Waals surface area contributed by atoms with Gasteiger partial charge >= 0.3 is 0 Å². The van der Waals surface area contributed by atoms with Crippen LogP contribution in [0, 0.1) is 0 Å². The molecule has 1 aliphatic rings. The number of aliphatic hydroxyl groups excluding tert-OH is 1. The average Bonchev–Trinajstić information content (AvgIpc) is 2.67. The molecule has 0 atom stereocenters. The van der Waals surface area contributed by atoms with E-state index < -0.39 is 10.0 Å². The summed E-state index contributed by atoms with van der Waals surface area (Å²) in [4.78, 5) is 0.228. The van der Waals surface area contributed by atoms with Gasteiger partial charge in [-0.3, -0.25) is 0 Å². The molecule has 0 aromatic heterocycles. The number of hydrogen-bond acceptors (Lipinski definition) is 4. The molecule has 0 radical (unpaired) electrons. The Balaban J connectivity index is 2.32. The van der Waals surface area contributed by atoms with Crippen molar-refractivity contribution in [1.29, 1.82) is 0 Å². The number of ether oxygens (including phenoxy) is 1. The van der Waals surface area contributed by atoms with E-state index in [1.54, 1.807) is 12.1 Å². The Morgan fingerprint density at radius 2 is 2.11 bits per heavy atom. The van der Waals surface area contributed by atoms with Crippen molar-refractivity contribution in [2.45, 2.75) is 17.9 Å². The highest BCUT2D eigenvalue weighted by atomic mass is 79.9. The summed E-state index contributed by atoms with van der Waals surface area (Å²) < 4.78 is 32.3. The van der Waals surface area contributed by atoms with Gasteiger partial charge in [0.15, 0.2) is 0 Å². The minimum atomic E-state index is -3.52. The SMILES string of the molecule is O=S(=O)(c1ccc(CO)cc1Br)N1CCCOCC1. The molecule has 7 heteroatoms. The number of halogens is 1. The molecule has 0 unspecified atom stereocenters. The fourth-order valence-electron chi connectivity index (χ4n) is 1.95. The molecule has 5 nitrogen and oxygen atoms in total. The Hall–Kier alpha value is -0.470. The smallest absolute Gasteiger partial charge is 0.244 e. The highest BCUT2D eigenvalue weighted by Crippen LogP contribution is 2.26. The summed E-state index contributed by atoms with van der Waals surface area (Å²) in [5, 5.41) is 9.04. The van der Waals surface area contributed by atoms with E-state index in [0.717, 1.165) is 0 Å². The monoisotopic (exact) mass is 349 g/mol. The van der Waals surface area contributed by atoms with Crippen LogP contribution < -0.4 is 0 Å². The summed E-state index contributed by atoms with van der Waals surface area (Å²) in [7, 11) is -3.52. The van der Waals surface area contributed by atoms with Crippen LogP contribution in [0.2, 0.25) is 0 Å². The summed E-state index contributed by atoms with van der Waals surface area (Å²) in [5.41, 5.74) is 0.671. The van der Waals surface area contributed by atoms with Gasteiger partial charge in [-0.05, 0) is 40.0 Å². The highest BCUT2D eigenvalue weighted by molar-refractivity contribution is 9.10. The fraction of sp³-hybridized carbons (Fsp3) is 0.500. The third kappa shape index (κ3) is 3.35. The van der Waals surface area contributed by atoms with Crippen LogP contribution >= 0.6 is 15.9 Å². The lowest BCUT2D eigenvalue weighted by molar-refractivity contribution is 0.148. The summed E-state index contributed by atoms with van der Waals surface area (Å²) in [6, 6.07) is 4.77. The maximum absolute atomic E-state index is 12.5. The molecular formula is C12H16BrNO4S. The van der Waals surface area contributed by atoms with Gasteiger partial charge in [-0.15, -0.1) is 0 Å². The van der Waals surface area contributed by atoms with Crippen LogP contribution in [-0.2, 0) is 21.4 Å². The number of sulfonamides is 1. The summed E-state index contributed by atoms with van der Waals surface area (Å²) in [6.45, 7) is 1.74. The van der Waals surface area contributed by atoms with Crippen molar-refractivity contribution in [2.75, 3.05) is 26.3 Å². The lowest BCUT2D eigenvalue weighted by Gasteiger charge is -2.20. The van der Waals surface area contributed by atoms with Crippen LogP contribution in [0.4, 0.5) is 0 Å². The van der Waals surface area contributed by atoms with Crippen LogP contribution in [-0.4, -0.2) is 44.1 Å². The largest absolute Gasteiger partial charge is 0.392 e. The van der Waals surface area contributed by atoms with E-state index in [2.05, 4.69) is 15.9 Å². The number of rotatable bonds is 3. The second kappa shape index (κ2) is 6.32. The van der Waals surface area contributed by atoms with Crippen LogP contribution in [0.3, 0.4) is 0 Å². The maximum atomic E-state index is 12.5. The van der Waals surface area contributed by atoms with Crippen molar-refractivity contribution in [3.8, 4) is 0 Å². The van der Waals surface area contributed by atoms with Gasteiger partial charge in [0.05, 0.1) is 18.1 Å². The van der Waals surface area contributed by atoms with E-state index in [0.29, 0.717) is 42.8 Å². The zero-order valence-corrected chi connectivity index (χ0v) is 12.8. The Morgan fingerprint density at radius 3 is 2.79 bits per heavy atom. The Kier molecular flexibility index (Phi) is 4.97. The van der Waals surface area contributed by atoms with Gasteiger partial charge in [-0.2, -0.15) is 4.31 Å². The molecule has 0 aliphatic carbocycles. The first kappa shape index (κ1) is 14.9. The molecule has 19 heavy (non-hydrogen) atoms. The van der Waals surface area contributed by atoms with Crippen molar-refractivity contribution < 1.29 is 18.3 Å².